The molecular formula is C16H24N4. The molecule has 0 aliphatic rings. The van der Waals surface area contributed by atoms with Crippen molar-refractivity contribution in [1.82, 2.24) is 20.1 Å². The summed E-state index contributed by atoms with van der Waals surface area (Å²) in [4.78, 5) is 4.57. The van der Waals surface area contributed by atoms with Gasteiger partial charge in [-0.1, -0.05) is 0 Å². The first kappa shape index (κ1) is 14.7. The smallest absolute Gasteiger partial charge is 0.0489 e. The highest BCUT2D eigenvalue weighted by molar-refractivity contribution is 5.33. The summed E-state index contributed by atoms with van der Waals surface area (Å²) < 4.78 is 1.97. The van der Waals surface area contributed by atoms with Gasteiger partial charge in [-0.3, -0.25) is 9.67 Å². The first-order valence-electron chi connectivity index (χ1n) is 7.23. The molecule has 0 amide bonds. The van der Waals surface area contributed by atoms with Crippen LogP contribution in [0.15, 0.2) is 24.5 Å². The molecular weight excluding hydrogens is 248 g/mol. The summed E-state index contributed by atoms with van der Waals surface area (Å²) >= 11 is 0. The highest BCUT2D eigenvalue weighted by Gasteiger charge is 2.12. The van der Waals surface area contributed by atoms with Crippen molar-refractivity contribution in [3.63, 3.8) is 0 Å². The Labute approximate surface area is 121 Å². The standard InChI is InChI=1S/C16H24N4/c1-12-11-13(2)19-15(4)16(12)14(3)17-7-5-9-20-10-6-8-18-20/h6,8,10-11,14,17H,5,7,9H2,1-4H3. The SMILES string of the molecule is Cc1cc(C)c(C(C)NCCCn2cccn2)c(C)n1. The van der Waals surface area contributed by atoms with Crippen LogP contribution in [0.3, 0.4) is 0 Å². The molecule has 0 aliphatic heterocycles. The van der Waals surface area contributed by atoms with E-state index >= 15 is 0 Å². The summed E-state index contributed by atoms with van der Waals surface area (Å²) in [5.74, 6) is 0. The molecule has 1 atom stereocenters. The molecule has 0 aliphatic carbocycles. The fourth-order valence-electron chi connectivity index (χ4n) is 2.78. The predicted octanol–water partition coefficient (Wildman–Crippen LogP) is 2.94. The maximum Gasteiger partial charge on any atom is 0.0489 e. The second-order valence-electron chi connectivity index (χ2n) is 5.38. The Morgan fingerprint density at radius 3 is 2.75 bits per heavy atom. The topological polar surface area (TPSA) is 42.7 Å². The molecule has 2 rings (SSSR count). The summed E-state index contributed by atoms with van der Waals surface area (Å²) in [5, 5.41) is 7.79. The van der Waals surface area contributed by atoms with Crippen LogP contribution in [-0.2, 0) is 6.54 Å². The van der Waals surface area contributed by atoms with Gasteiger partial charge in [0.15, 0.2) is 0 Å². The number of nitrogens with one attached hydrogen (secondary N) is 1. The molecule has 1 N–H and O–H groups in total. The van der Waals surface area contributed by atoms with Crippen LogP contribution in [0.25, 0.3) is 0 Å². The third kappa shape index (κ3) is 3.67. The Hall–Kier alpha value is -1.68. The van der Waals surface area contributed by atoms with Crippen molar-refractivity contribution in [2.75, 3.05) is 6.54 Å². The third-order valence-electron chi connectivity index (χ3n) is 3.59. The average Bonchev–Trinajstić information content (AvgIpc) is 2.86. The Kier molecular flexibility index (Phi) is 4.90. The van der Waals surface area contributed by atoms with E-state index in [0.29, 0.717) is 6.04 Å². The van der Waals surface area contributed by atoms with Crippen molar-refractivity contribution in [1.29, 1.82) is 0 Å². The van der Waals surface area contributed by atoms with E-state index in [1.54, 1.807) is 0 Å². The van der Waals surface area contributed by atoms with Gasteiger partial charge in [0.2, 0.25) is 0 Å². The van der Waals surface area contributed by atoms with Crippen LogP contribution in [0.1, 0.15) is 41.9 Å². The average molecular weight is 272 g/mol. The summed E-state index contributed by atoms with van der Waals surface area (Å²) in [7, 11) is 0. The summed E-state index contributed by atoms with van der Waals surface area (Å²) in [6, 6.07) is 4.45. The maximum absolute atomic E-state index is 4.57. The third-order valence-corrected chi connectivity index (χ3v) is 3.59. The molecule has 0 saturated carbocycles. The molecule has 2 heterocycles. The van der Waals surface area contributed by atoms with Crippen LogP contribution >= 0.6 is 0 Å². The summed E-state index contributed by atoms with van der Waals surface area (Å²) in [5.41, 5.74) is 4.88. The van der Waals surface area contributed by atoms with Crippen LogP contribution < -0.4 is 5.32 Å². The minimum absolute atomic E-state index is 0.334. The number of pyridine rings is 1. The second kappa shape index (κ2) is 6.66. The van der Waals surface area contributed by atoms with Crippen molar-refractivity contribution in [3.8, 4) is 0 Å². The zero-order chi connectivity index (χ0) is 14.5. The molecule has 2 aromatic heterocycles. The van der Waals surface area contributed by atoms with E-state index in [1.165, 1.54) is 11.1 Å². The minimum atomic E-state index is 0.334. The van der Waals surface area contributed by atoms with Gasteiger partial charge in [-0.2, -0.15) is 5.10 Å². The second-order valence-corrected chi connectivity index (χ2v) is 5.38. The summed E-state index contributed by atoms with van der Waals surface area (Å²) in [6.45, 7) is 10.5. The van der Waals surface area contributed by atoms with Gasteiger partial charge in [-0.25, -0.2) is 0 Å². The Balaban J connectivity index is 1.87. The van der Waals surface area contributed by atoms with Crippen LogP contribution in [0.5, 0.6) is 0 Å². The fourth-order valence-corrected chi connectivity index (χ4v) is 2.78. The quantitative estimate of drug-likeness (QED) is 0.822. The van der Waals surface area contributed by atoms with E-state index in [0.717, 1.165) is 30.9 Å². The summed E-state index contributed by atoms with van der Waals surface area (Å²) in [6.07, 6.45) is 4.89. The number of hydrogen-bond acceptors (Lipinski definition) is 3. The van der Waals surface area contributed by atoms with E-state index < -0.39 is 0 Å². The molecule has 0 saturated heterocycles. The van der Waals surface area contributed by atoms with Crippen LogP contribution in [0.2, 0.25) is 0 Å². The van der Waals surface area contributed by atoms with Gasteiger partial charge < -0.3 is 5.32 Å². The Morgan fingerprint density at radius 1 is 1.30 bits per heavy atom. The number of aryl methyl sites for hydroxylation is 4. The lowest BCUT2D eigenvalue weighted by Crippen LogP contribution is -2.23. The number of aromatic nitrogens is 3. The van der Waals surface area contributed by atoms with Gasteiger partial charge >= 0.3 is 0 Å². The van der Waals surface area contributed by atoms with Gasteiger partial charge in [-0.15, -0.1) is 0 Å². The van der Waals surface area contributed by atoms with E-state index in [9.17, 15) is 0 Å². The van der Waals surface area contributed by atoms with Gasteiger partial charge in [0, 0.05) is 36.4 Å². The van der Waals surface area contributed by atoms with Crippen LogP contribution in [-0.4, -0.2) is 21.3 Å². The first-order chi connectivity index (χ1) is 9.58. The fraction of sp³-hybridized carbons (Fsp3) is 0.500. The van der Waals surface area contributed by atoms with E-state index in [1.807, 2.05) is 30.1 Å². The van der Waals surface area contributed by atoms with Crippen molar-refractivity contribution in [2.24, 2.45) is 0 Å². The molecule has 0 radical (unpaired) electrons. The molecule has 4 heteroatoms. The lowest BCUT2D eigenvalue weighted by atomic mass is 10.0. The predicted molar refractivity (Wildman–Crippen MR) is 81.7 cm³/mol. The van der Waals surface area contributed by atoms with Gasteiger partial charge in [0.25, 0.3) is 0 Å². The minimum Gasteiger partial charge on any atom is -0.310 e. The molecule has 2 aromatic rings. The largest absolute Gasteiger partial charge is 0.310 e. The molecule has 0 bridgehead atoms. The van der Waals surface area contributed by atoms with Gasteiger partial charge in [0.1, 0.15) is 0 Å². The van der Waals surface area contributed by atoms with Crippen molar-refractivity contribution in [2.45, 2.75) is 46.7 Å². The van der Waals surface area contributed by atoms with E-state index in [2.05, 4.69) is 42.2 Å². The number of nitrogens with zero attached hydrogens (tertiary/aromatic N) is 3. The van der Waals surface area contributed by atoms with Crippen molar-refractivity contribution < 1.29 is 0 Å². The van der Waals surface area contributed by atoms with Crippen molar-refractivity contribution in [3.05, 3.63) is 47.0 Å². The molecule has 0 spiro atoms. The molecule has 108 valence electrons. The normalized spacial score (nSPS) is 12.6. The Bertz CT molecular complexity index is 523. The number of hydrogen-bond donors (Lipinski definition) is 1. The van der Waals surface area contributed by atoms with Gasteiger partial charge in [0.05, 0.1) is 0 Å². The zero-order valence-corrected chi connectivity index (χ0v) is 12.8. The Morgan fingerprint density at radius 2 is 2.10 bits per heavy atom. The van der Waals surface area contributed by atoms with Crippen LogP contribution in [0.4, 0.5) is 0 Å². The van der Waals surface area contributed by atoms with E-state index in [-0.39, 0.29) is 0 Å². The lowest BCUT2D eigenvalue weighted by Gasteiger charge is -2.19. The number of rotatable bonds is 6. The molecule has 20 heavy (non-hydrogen) atoms. The molecule has 0 fully saturated rings. The zero-order valence-electron chi connectivity index (χ0n) is 12.8. The van der Waals surface area contributed by atoms with Crippen molar-refractivity contribution >= 4 is 0 Å². The monoisotopic (exact) mass is 272 g/mol. The highest BCUT2D eigenvalue weighted by Crippen LogP contribution is 2.20. The maximum atomic E-state index is 4.57. The van der Waals surface area contributed by atoms with Gasteiger partial charge in [-0.05, 0) is 63.9 Å². The van der Waals surface area contributed by atoms with E-state index in [4.69, 9.17) is 0 Å². The molecule has 1 unspecified atom stereocenters. The first-order valence-corrected chi connectivity index (χ1v) is 7.23. The highest BCUT2D eigenvalue weighted by atomic mass is 15.3. The molecule has 0 aromatic carbocycles. The van der Waals surface area contributed by atoms with Crippen LogP contribution in [0, 0.1) is 20.8 Å². The lowest BCUT2D eigenvalue weighted by molar-refractivity contribution is 0.504. The molecule has 4 nitrogen and oxygen atoms in total.